The van der Waals surface area contributed by atoms with E-state index in [-0.39, 0.29) is 0 Å². The monoisotopic (exact) mass is 315 g/mol. The number of hydrogen-bond donors (Lipinski definition) is 1. The minimum Gasteiger partial charge on any atom is -0.396 e. The third-order valence-corrected chi connectivity index (χ3v) is 4.53. The molecule has 23 heavy (non-hydrogen) atoms. The molecule has 5 heteroatoms. The van der Waals surface area contributed by atoms with Crippen LogP contribution in [0.25, 0.3) is 11.4 Å². The van der Waals surface area contributed by atoms with Crippen LogP contribution in [0.2, 0.25) is 0 Å². The van der Waals surface area contributed by atoms with Crippen molar-refractivity contribution in [2.24, 2.45) is 0 Å². The number of hydrogen-bond acceptors (Lipinski definition) is 5. The van der Waals surface area contributed by atoms with Crippen molar-refractivity contribution in [2.45, 2.75) is 44.6 Å². The molecule has 1 N–H and O–H groups in total. The maximum Gasteiger partial charge on any atom is 0.227 e. The largest absolute Gasteiger partial charge is 0.396 e. The van der Waals surface area contributed by atoms with Gasteiger partial charge >= 0.3 is 0 Å². The number of aryl methyl sites for hydroxylation is 1. The number of aliphatic hydroxyl groups excluding tert-OH is 1. The molecule has 0 aliphatic carbocycles. The van der Waals surface area contributed by atoms with Gasteiger partial charge in [0.05, 0.1) is 0 Å². The summed E-state index contributed by atoms with van der Waals surface area (Å²) in [5, 5.41) is 13.1. The number of nitrogens with zero attached hydrogens (tertiary/aromatic N) is 3. The normalized spacial score (nSPS) is 18.6. The molecule has 1 aliphatic rings. The summed E-state index contributed by atoms with van der Waals surface area (Å²) >= 11 is 0. The lowest BCUT2D eigenvalue weighted by atomic mass is 10.1. The average Bonchev–Trinajstić information content (AvgIpc) is 3.23. The maximum atomic E-state index is 8.99. The van der Waals surface area contributed by atoms with Gasteiger partial charge in [-0.3, -0.25) is 0 Å². The zero-order valence-electron chi connectivity index (χ0n) is 13.5. The number of rotatable bonds is 8. The molecule has 1 unspecified atom stereocenters. The molecule has 0 radical (unpaired) electrons. The van der Waals surface area contributed by atoms with Gasteiger partial charge in [-0.15, -0.1) is 0 Å². The van der Waals surface area contributed by atoms with Crippen molar-refractivity contribution in [1.29, 1.82) is 0 Å². The SMILES string of the molecule is OCCCC1CCCN1CCCc1nc(-c2ccccc2)no1. The molecule has 0 saturated carbocycles. The first-order chi connectivity index (χ1) is 11.4. The second-order valence-corrected chi connectivity index (χ2v) is 6.18. The topological polar surface area (TPSA) is 62.4 Å². The maximum absolute atomic E-state index is 8.99. The van der Waals surface area contributed by atoms with Crippen molar-refractivity contribution in [1.82, 2.24) is 15.0 Å². The van der Waals surface area contributed by atoms with E-state index < -0.39 is 0 Å². The van der Waals surface area contributed by atoms with Crippen LogP contribution in [0.15, 0.2) is 34.9 Å². The van der Waals surface area contributed by atoms with Crippen LogP contribution in [-0.4, -0.2) is 45.9 Å². The molecule has 0 amide bonds. The standard InChI is InChI=1S/C18H25N3O2/c22-14-6-10-16-9-4-12-21(16)13-5-11-17-19-18(20-23-17)15-7-2-1-3-8-15/h1-3,7-8,16,22H,4-6,9-14H2. The summed E-state index contributed by atoms with van der Waals surface area (Å²) in [6.07, 6.45) is 6.41. The van der Waals surface area contributed by atoms with E-state index in [1.165, 1.54) is 19.4 Å². The molecule has 1 aliphatic heterocycles. The van der Waals surface area contributed by atoms with Crippen molar-refractivity contribution >= 4 is 0 Å². The van der Waals surface area contributed by atoms with E-state index in [1.54, 1.807) is 0 Å². The molecule has 1 fully saturated rings. The van der Waals surface area contributed by atoms with Crippen LogP contribution in [0, 0.1) is 0 Å². The first kappa shape index (κ1) is 16.1. The van der Waals surface area contributed by atoms with Crippen molar-refractivity contribution in [3.63, 3.8) is 0 Å². The first-order valence-electron chi connectivity index (χ1n) is 8.60. The highest BCUT2D eigenvalue weighted by Gasteiger charge is 2.23. The van der Waals surface area contributed by atoms with E-state index in [2.05, 4.69) is 15.0 Å². The van der Waals surface area contributed by atoms with Gasteiger partial charge < -0.3 is 14.5 Å². The Labute approximate surface area is 137 Å². The molecule has 0 spiro atoms. The summed E-state index contributed by atoms with van der Waals surface area (Å²) < 4.78 is 5.36. The Morgan fingerprint density at radius 3 is 2.91 bits per heavy atom. The van der Waals surface area contributed by atoms with Crippen LogP contribution in [0.4, 0.5) is 0 Å². The summed E-state index contributed by atoms with van der Waals surface area (Å²) in [5.74, 6) is 1.39. The number of aliphatic hydroxyl groups is 1. The van der Waals surface area contributed by atoms with Crippen LogP contribution in [0.3, 0.4) is 0 Å². The highest BCUT2D eigenvalue weighted by molar-refractivity contribution is 5.53. The Kier molecular flexibility index (Phi) is 5.77. The van der Waals surface area contributed by atoms with Gasteiger partial charge in [0.2, 0.25) is 11.7 Å². The van der Waals surface area contributed by atoms with Crippen molar-refractivity contribution in [2.75, 3.05) is 19.7 Å². The Balaban J connectivity index is 1.47. The lowest BCUT2D eigenvalue weighted by Gasteiger charge is -2.23. The molecule has 5 nitrogen and oxygen atoms in total. The molecular weight excluding hydrogens is 290 g/mol. The third kappa shape index (κ3) is 4.39. The molecule has 2 aromatic rings. The molecule has 2 heterocycles. The number of aromatic nitrogens is 2. The van der Waals surface area contributed by atoms with Crippen LogP contribution in [0.1, 0.15) is 38.0 Å². The lowest BCUT2D eigenvalue weighted by molar-refractivity contribution is 0.212. The highest BCUT2D eigenvalue weighted by atomic mass is 16.5. The van der Waals surface area contributed by atoms with E-state index >= 15 is 0 Å². The summed E-state index contributed by atoms with van der Waals surface area (Å²) in [6.45, 7) is 2.54. The summed E-state index contributed by atoms with van der Waals surface area (Å²) in [7, 11) is 0. The predicted molar refractivity (Wildman–Crippen MR) is 89.0 cm³/mol. The Morgan fingerprint density at radius 2 is 2.09 bits per heavy atom. The van der Waals surface area contributed by atoms with Gasteiger partial charge in [-0.05, 0) is 45.2 Å². The molecule has 1 atom stereocenters. The van der Waals surface area contributed by atoms with E-state index in [0.717, 1.165) is 43.7 Å². The fraction of sp³-hybridized carbons (Fsp3) is 0.556. The Bertz CT molecular complexity index is 585. The quantitative estimate of drug-likeness (QED) is 0.811. The first-order valence-corrected chi connectivity index (χ1v) is 8.60. The van der Waals surface area contributed by atoms with E-state index in [4.69, 9.17) is 9.63 Å². The van der Waals surface area contributed by atoms with E-state index in [0.29, 0.717) is 18.5 Å². The van der Waals surface area contributed by atoms with Crippen LogP contribution < -0.4 is 0 Å². The van der Waals surface area contributed by atoms with Crippen molar-refractivity contribution in [3.05, 3.63) is 36.2 Å². The van der Waals surface area contributed by atoms with Gasteiger partial charge in [0, 0.05) is 24.6 Å². The number of likely N-dealkylation sites (tertiary alicyclic amines) is 1. The second-order valence-electron chi connectivity index (χ2n) is 6.18. The van der Waals surface area contributed by atoms with Gasteiger partial charge in [0.25, 0.3) is 0 Å². The van der Waals surface area contributed by atoms with Gasteiger partial charge in [0.15, 0.2) is 0 Å². The van der Waals surface area contributed by atoms with Crippen LogP contribution >= 0.6 is 0 Å². The Hall–Kier alpha value is -1.72. The number of benzene rings is 1. The molecule has 1 saturated heterocycles. The molecule has 1 aromatic heterocycles. The minimum atomic E-state index is 0.300. The van der Waals surface area contributed by atoms with Crippen LogP contribution in [0.5, 0.6) is 0 Å². The molecule has 0 bridgehead atoms. The fourth-order valence-corrected chi connectivity index (χ4v) is 3.34. The van der Waals surface area contributed by atoms with E-state index in [9.17, 15) is 0 Å². The summed E-state index contributed by atoms with van der Waals surface area (Å²) in [5.41, 5.74) is 0.992. The zero-order chi connectivity index (χ0) is 15.9. The summed E-state index contributed by atoms with van der Waals surface area (Å²) in [4.78, 5) is 7.03. The third-order valence-electron chi connectivity index (χ3n) is 4.53. The lowest BCUT2D eigenvalue weighted by Crippen LogP contribution is -2.30. The smallest absolute Gasteiger partial charge is 0.227 e. The van der Waals surface area contributed by atoms with Crippen molar-refractivity contribution in [3.8, 4) is 11.4 Å². The van der Waals surface area contributed by atoms with Gasteiger partial charge in [-0.25, -0.2) is 0 Å². The molecule has 124 valence electrons. The van der Waals surface area contributed by atoms with Crippen molar-refractivity contribution < 1.29 is 9.63 Å². The molecule has 1 aromatic carbocycles. The Morgan fingerprint density at radius 1 is 1.22 bits per heavy atom. The minimum absolute atomic E-state index is 0.300. The van der Waals surface area contributed by atoms with Crippen LogP contribution in [-0.2, 0) is 6.42 Å². The van der Waals surface area contributed by atoms with Gasteiger partial charge in [-0.1, -0.05) is 35.5 Å². The van der Waals surface area contributed by atoms with Gasteiger partial charge in [0.1, 0.15) is 0 Å². The predicted octanol–water partition coefficient (Wildman–Crippen LogP) is 2.91. The fourth-order valence-electron chi connectivity index (χ4n) is 3.34. The highest BCUT2D eigenvalue weighted by Crippen LogP contribution is 2.22. The zero-order valence-corrected chi connectivity index (χ0v) is 13.5. The molecule has 3 rings (SSSR count). The molecular formula is C18H25N3O2. The second kappa shape index (κ2) is 8.22. The van der Waals surface area contributed by atoms with Gasteiger partial charge in [-0.2, -0.15) is 4.98 Å². The van der Waals surface area contributed by atoms with E-state index in [1.807, 2.05) is 30.3 Å². The summed E-state index contributed by atoms with van der Waals surface area (Å²) in [6, 6.07) is 10.6. The average molecular weight is 315 g/mol.